The number of alkyl carbamates (subject to hydrolysis) is 1. The number of ether oxygens (including phenoxy) is 2. The molecule has 0 saturated carbocycles. The smallest absolute Gasteiger partial charge is 0.407 e. The Morgan fingerprint density at radius 3 is 2.61 bits per heavy atom. The van der Waals surface area contributed by atoms with Gasteiger partial charge in [-0.15, -0.1) is 0 Å². The molecule has 1 N–H and O–H groups in total. The Hall–Kier alpha value is -2.49. The van der Waals surface area contributed by atoms with Gasteiger partial charge in [-0.1, -0.05) is 62.4 Å². The summed E-state index contributed by atoms with van der Waals surface area (Å²) >= 11 is 0. The van der Waals surface area contributed by atoms with Crippen LogP contribution in [0.15, 0.2) is 54.6 Å². The van der Waals surface area contributed by atoms with E-state index in [2.05, 4.69) is 19.2 Å². The fraction of sp³-hybridized carbons (Fsp3) is 0.316. The van der Waals surface area contributed by atoms with Crippen LogP contribution in [0.4, 0.5) is 4.79 Å². The van der Waals surface area contributed by atoms with E-state index in [0.29, 0.717) is 13.2 Å². The second kappa shape index (κ2) is 6.32. The number of para-hydroxylation sites is 1. The standard InChI is InChI=1S/C19H21NO3/c1-19(2)13-23-18(21)20-17(19)15-10-6-7-11-16(15)22-12-14-8-4-3-5-9-14/h3-11,17H,12-13H2,1-2H3,(H,20,21)/t17-/m0/s1. The molecule has 2 aromatic rings. The van der Waals surface area contributed by atoms with E-state index in [0.717, 1.165) is 16.9 Å². The first-order chi connectivity index (χ1) is 11.1. The molecule has 0 unspecified atom stereocenters. The number of carbonyl (C=O) groups excluding carboxylic acids is 1. The molecule has 1 saturated heterocycles. The molecule has 23 heavy (non-hydrogen) atoms. The number of hydrogen-bond acceptors (Lipinski definition) is 3. The highest BCUT2D eigenvalue weighted by molar-refractivity contribution is 5.69. The molecule has 1 atom stereocenters. The van der Waals surface area contributed by atoms with Gasteiger partial charge in [0.25, 0.3) is 0 Å². The Bertz CT molecular complexity index is 682. The maximum atomic E-state index is 11.7. The van der Waals surface area contributed by atoms with Crippen LogP contribution in [0.2, 0.25) is 0 Å². The molecule has 0 aliphatic carbocycles. The fourth-order valence-corrected chi connectivity index (χ4v) is 2.77. The quantitative estimate of drug-likeness (QED) is 0.926. The van der Waals surface area contributed by atoms with Crippen LogP contribution in [0.1, 0.15) is 31.0 Å². The number of nitrogens with one attached hydrogen (secondary N) is 1. The van der Waals surface area contributed by atoms with Gasteiger partial charge >= 0.3 is 6.09 Å². The van der Waals surface area contributed by atoms with Crippen molar-refractivity contribution < 1.29 is 14.3 Å². The van der Waals surface area contributed by atoms with E-state index in [1.165, 1.54) is 0 Å². The molecule has 1 fully saturated rings. The van der Waals surface area contributed by atoms with Gasteiger partial charge in [0.05, 0.1) is 6.04 Å². The van der Waals surface area contributed by atoms with E-state index in [1.54, 1.807) is 0 Å². The third-order valence-corrected chi connectivity index (χ3v) is 4.09. The van der Waals surface area contributed by atoms with Crippen LogP contribution in [0.25, 0.3) is 0 Å². The normalized spacial score (nSPS) is 19.6. The minimum absolute atomic E-state index is 0.143. The van der Waals surface area contributed by atoms with Gasteiger partial charge in [-0.25, -0.2) is 4.79 Å². The van der Waals surface area contributed by atoms with Crippen LogP contribution in [0.5, 0.6) is 5.75 Å². The van der Waals surface area contributed by atoms with Gasteiger partial charge in [-0.05, 0) is 11.6 Å². The first-order valence-electron chi connectivity index (χ1n) is 7.75. The van der Waals surface area contributed by atoms with Gasteiger partial charge in [-0.3, -0.25) is 0 Å². The number of cyclic esters (lactones) is 1. The molecule has 4 heteroatoms. The molecular formula is C19H21NO3. The van der Waals surface area contributed by atoms with Crippen molar-refractivity contribution in [2.75, 3.05) is 6.61 Å². The van der Waals surface area contributed by atoms with Crippen molar-refractivity contribution in [1.82, 2.24) is 5.32 Å². The van der Waals surface area contributed by atoms with Crippen LogP contribution in [-0.2, 0) is 11.3 Å². The van der Waals surface area contributed by atoms with E-state index >= 15 is 0 Å². The molecule has 1 aliphatic rings. The van der Waals surface area contributed by atoms with Crippen LogP contribution in [0.3, 0.4) is 0 Å². The molecule has 1 amide bonds. The summed E-state index contributed by atoms with van der Waals surface area (Å²) in [5.41, 5.74) is 1.88. The van der Waals surface area contributed by atoms with E-state index in [9.17, 15) is 4.79 Å². The third-order valence-electron chi connectivity index (χ3n) is 4.09. The summed E-state index contributed by atoms with van der Waals surface area (Å²) in [7, 11) is 0. The van der Waals surface area contributed by atoms with E-state index in [4.69, 9.17) is 9.47 Å². The zero-order valence-electron chi connectivity index (χ0n) is 13.4. The van der Waals surface area contributed by atoms with Crippen molar-refractivity contribution in [3.8, 4) is 5.75 Å². The average molecular weight is 311 g/mol. The molecule has 0 spiro atoms. The Labute approximate surface area is 136 Å². The second-order valence-electron chi connectivity index (χ2n) is 6.45. The summed E-state index contributed by atoms with van der Waals surface area (Å²) in [6.07, 6.45) is -0.382. The van der Waals surface area contributed by atoms with Gasteiger partial charge in [0.2, 0.25) is 0 Å². The zero-order valence-corrected chi connectivity index (χ0v) is 13.4. The summed E-state index contributed by atoms with van der Waals surface area (Å²) in [4.78, 5) is 11.7. The van der Waals surface area contributed by atoms with Gasteiger partial charge in [0.1, 0.15) is 19.0 Å². The van der Waals surface area contributed by atoms with Crippen LogP contribution < -0.4 is 10.1 Å². The Balaban J connectivity index is 1.84. The van der Waals surface area contributed by atoms with Crippen molar-refractivity contribution in [3.63, 3.8) is 0 Å². The molecule has 2 aromatic carbocycles. The van der Waals surface area contributed by atoms with Crippen LogP contribution >= 0.6 is 0 Å². The topological polar surface area (TPSA) is 47.6 Å². The summed E-state index contributed by atoms with van der Waals surface area (Å²) in [5, 5.41) is 2.92. The first-order valence-corrected chi connectivity index (χ1v) is 7.75. The maximum Gasteiger partial charge on any atom is 0.407 e. The summed E-state index contributed by atoms with van der Waals surface area (Å²) in [6, 6.07) is 17.7. The predicted molar refractivity (Wildman–Crippen MR) is 88.2 cm³/mol. The van der Waals surface area contributed by atoms with E-state index in [-0.39, 0.29) is 17.6 Å². The van der Waals surface area contributed by atoms with Gasteiger partial charge < -0.3 is 14.8 Å². The summed E-state index contributed by atoms with van der Waals surface area (Å²) in [5.74, 6) is 0.789. The molecule has 1 aliphatic heterocycles. The lowest BCUT2D eigenvalue weighted by molar-refractivity contribution is 0.0378. The highest BCUT2D eigenvalue weighted by atomic mass is 16.6. The number of carbonyl (C=O) groups is 1. The molecule has 120 valence electrons. The lowest BCUT2D eigenvalue weighted by Crippen LogP contribution is -2.47. The first kappa shape index (κ1) is 15.4. The Morgan fingerprint density at radius 1 is 1.13 bits per heavy atom. The molecule has 0 bridgehead atoms. The third kappa shape index (κ3) is 3.47. The van der Waals surface area contributed by atoms with Crippen LogP contribution in [0, 0.1) is 5.41 Å². The largest absolute Gasteiger partial charge is 0.489 e. The van der Waals surface area contributed by atoms with Crippen molar-refractivity contribution >= 4 is 6.09 Å². The minimum Gasteiger partial charge on any atom is -0.489 e. The average Bonchev–Trinajstić information content (AvgIpc) is 2.56. The number of hydrogen-bond donors (Lipinski definition) is 1. The van der Waals surface area contributed by atoms with Gasteiger partial charge in [0, 0.05) is 11.0 Å². The molecule has 1 heterocycles. The van der Waals surface area contributed by atoms with Crippen molar-refractivity contribution in [1.29, 1.82) is 0 Å². The maximum absolute atomic E-state index is 11.7. The lowest BCUT2D eigenvalue weighted by atomic mass is 9.80. The van der Waals surface area contributed by atoms with Gasteiger partial charge in [-0.2, -0.15) is 0 Å². The molecule has 3 rings (SSSR count). The highest BCUT2D eigenvalue weighted by Crippen LogP contribution is 2.40. The van der Waals surface area contributed by atoms with E-state index < -0.39 is 0 Å². The fourth-order valence-electron chi connectivity index (χ4n) is 2.77. The molecular weight excluding hydrogens is 290 g/mol. The molecule has 4 nitrogen and oxygen atoms in total. The predicted octanol–water partition coefficient (Wildman–Crippen LogP) is 4.07. The van der Waals surface area contributed by atoms with Crippen LogP contribution in [-0.4, -0.2) is 12.7 Å². The van der Waals surface area contributed by atoms with Crippen molar-refractivity contribution in [2.45, 2.75) is 26.5 Å². The zero-order chi connectivity index (χ0) is 16.3. The lowest BCUT2D eigenvalue weighted by Gasteiger charge is -2.39. The van der Waals surface area contributed by atoms with Crippen molar-refractivity contribution in [2.24, 2.45) is 5.41 Å². The molecule has 0 radical (unpaired) electrons. The monoisotopic (exact) mass is 311 g/mol. The number of benzene rings is 2. The van der Waals surface area contributed by atoms with E-state index in [1.807, 2.05) is 54.6 Å². The Morgan fingerprint density at radius 2 is 1.83 bits per heavy atom. The number of amides is 1. The summed E-state index contributed by atoms with van der Waals surface area (Å²) < 4.78 is 11.1. The minimum atomic E-state index is -0.382. The highest BCUT2D eigenvalue weighted by Gasteiger charge is 2.39. The molecule has 0 aromatic heterocycles. The summed E-state index contributed by atoms with van der Waals surface area (Å²) in [6.45, 7) is 5.03. The SMILES string of the molecule is CC1(C)COC(=O)N[C@H]1c1ccccc1OCc1ccccc1. The number of rotatable bonds is 4. The van der Waals surface area contributed by atoms with Gasteiger partial charge in [0.15, 0.2) is 0 Å². The second-order valence-corrected chi connectivity index (χ2v) is 6.45. The Kier molecular flexibility index (Phi) is 4.24. The van der Waals surface area contributed by atoms with Crippen molar-refractivity contribution in [3.05, 3.63) is 65.7 Å².